The zero-order valence-electron chi connectivity index (χ0n) is 59.5. The van der Waals surface area contributed by atoms with E-state index >= 15 is 0 Å². The fourth-order valence-electron chi connectivity index (χ4n) is 12.0. The van der Waals surface area contributed by atoms with Crippen molar-refractivity contribution in [2.75, 3.05) is 80.9 Å². The van der Waals surface area contributed by atoms with Gasteiger partial charge >= 0.3 is 31.9 Å². The zero-order chi connectivity index (χ0) is 75.3. The Balaban J connectivity index is 0.000000133. The summed E-state index contributed by atoms with van der Waals surface area (Å²) < 4.78 is 8.66. The summed E-state index contributed by atoms with van der Waals surface area (Å²) in [7, 11) is 18.9. The number of carbonyl (C=O) groups is 4. The van der Waals surface area contributed by atoms with E-state index in [0.717, 1.165) is 129 Å². The third-order valence-corrected chi connectivity index (χ3v) is 18.7. The average Bonchev–Trinajstić information content (AvgIpc) is 1.57. The summed E-state index contributed by atoms with van der Waals surface area (Å²) in [6.45, 7) is 2.40. The Labute approximate surface area is 637 Å². The van der Waals surface area contributed by atoms with Crippen LogP contribution in [0.4, 0.5) is 28.6 Å². The molecule has 106 heavy (non-hydrogen) atoms. The van der Waals surface area contributed by atoms with E-state index in [0.29, 0.717) is 55.1 Å². The van der Waals surface area contributed by atoms with Crippen molar-refractivity contribution < 1.29 is 29.2 Å². The Morgan fingerprint density at radius 3 is 1.46 bits per heavy atom. The van der Waals surface area contributed by atoms with Crippen LogP contribution in [0.2, 0.25) is 0 Å². The molecule has 5 N–H and O–H groups in total. The second-order valence-corrected chi connectivity index (χ2v) is 27.8. The first kappa shape index (κ1) is 76.3. The molecule has 0 bridgehead atoms. The molecule has 2 fully saturated rings. The van der Waals surface area contributed by atoms with Crippen LogP contribution in [0, 0.1) is 0 Å². The fraction of sp³-hybridized carbons (Fsp3) is 0.240. The molecule has 0 saturated heterocycles. The van der Waals surface area contributed by atoms with Crippen LogP contribution >= 0.6 is 44.7 Å². The van der Waals surface area contributed by atoms with Crippen molar-refractivity contribution in [3.05, 3.63) is 231 Å². The van der Waals surface area contributed by atoms with Gasteiger partial charge in [-0.3, -0.25) is 39.0 Å². The number of anilines is 5. The molecule has 11 aromatic rings. The van der Waals surface area contributed by atoms with E-state index in [9.17, 15) is 19.2 Å². The van der Waals surface area contributed by atoms with E-state index in [1.165, 1.54) is 19.0 Å². The Hall–Kier alpha value is -10.9. The second kappa shape index (κ2) is 34.8. The maximum absolute atomic E-state index is 13.5. The number of rotatable bonds is 12. The summed E-state index contributed by atoms with van der Waals surface area (Å²) >= 11 is 10.0. The van der Waals surface area contributed by atoms with Crippen LogP contribution < -0.4 is 45.9 Å². The third kappa shape index (κ3) is 18.4. The number of nitrogens with zero attached hydrogens (tertiary/aromatic N) is 17. The second-order valence-electron chi connectivity index (χ2n) is 25.9. The molecule has 0 spiro atoms. The number of pyridine rings is 5. The van der Waals surface area contributed by atoms with Crippen molar-refractivity contribution in [2.24, 2.45) is 4.30 Å². The first-order valence-corrected chi connectivity index (χ1v) is 35.7. The molecule has 0 atom stereocenters. The standard InChI is InChI=1S/C25H23N7O.C15H15N3O.C10H9BrN4.C10H11BrN2O.C10H12N2O.C5H6BNO2.BHNS/c1-30(2)22-11-17-14-31(25(33)20(17)12-19(22)16-5-4-10-26-13-16)23-7-3-6-21(28-23)24-29-27-15-32(24)18-8-9-18;1-18(2)14-6-11-9-17-15(19)13(11)7-12(14)10-4-3-5-16-8-10;11-9-3-1-2-8(13-9)10-14-12-6-15(10)7-4-5-7;1-13(2)9-3-6-5-12-10(14)7(6)4-8(9)11;1-12(2)8-3-4-9-7(5-8)6-11-10(9)13;8-6(9)5-2-1-3-7-4-5;1-2-3/h3-7,10-13,15,18H,8-9,14H2,1-2H3;3-8H,9H2,1-2H3,(H,17,19);1-3,6-7H,4-5H2;3-4H,5H2,1-2H3,(H,12,14);3-5H,6H2,1-2H3,(H,11,13);1-4,8-9H;3H. The summed E-state index contributed by atoms with van der Waals surface area (Å²) in [6, 6.07) is 41.6. The van der Waals surface area contributed by atoms with Gasteiger partial charge in [-0.25, -0.2) is 9.97 Å². The van der Waals surface area contributed by atoms with Gasteiger partial charge < -0.3 is 54.7 Å². The van der Waals surface area contributed by atoms with E-state index in [1.54, 1.807) is 48.3 Å². The van der Waals surface area contributed by atoms with Gasteiger partial charge in [0.05, 0.1) is 12.2 Å². The molecule has 7 aromatic heterocycles. The Morgan fingerprint density at radius 1 is 0.519 bits per heavy atom. The van der Waals surface area contributed by atoms with Crippen LogP contribution in [0.3, 0.4) is 0 Å². The van der Waals surface area contributed by atoms with Crippen molar-refractivity contribution in [1.82, 2.24) is 70.4 Å². The molecule has 1 radical (unpaired) electrons. The fourth-order valence-corrected chi connectivity index (χ4v) is 13.0. The number of aromatic nitrogens is 11. The molecule has 0 unspecified atom stereocenters. The van der Waals surface area contributed by atoms with Gasteiger partial charge in [-0.15, -0.1) is 20.4 Å². The minimum atomic E-state index is -1.40. The molecule has 26 nitrogen and oxygen atoms in total. The first-order chi connectivity index (χ1) is 51.1. The van der Waals surface area contributed by atoms with Gasteiger partial charge in [0.15, 0.2) is 11.6 Å². The van der Waals surface area contributed by atoms with Gasteiger partial charge in [-0.2, -0.15) is 0 Å². The molecule has 4 amide bonds. The minimum absolute atomic E-state index is 0.00504. The predicted octanol–water partition coefficient (Wildman–Crippen LogP) is 10.2. The zero-order valence-corrected chi connectivity index (χ0v) is 63.6. The van der Waals surface area contributed by atoms with E-state index in [2.05, 4.69) is 144 Å². The molecule has 2 aliphatic carbocycles. The number of thiol groups is 1. The van der Waals surface area contributed by atoms with Crippen LogP contribution in [-0.4, -0.2) is 159 Å². The molecule has 31 heteroatoms. The summed E-state index contributed by atoms with van der Waals surface area (Å²) in [4.78, 5) is 79.0. The number of fused-ring (bicyclic) bond motifs is 4. The number of halogens is 2. The summed E-state index contributed by atoms with van der Waals surface area (Å²) in [5.41, 5.74) is 17.7. The van der Waals surface area contributed by atoms with Crippen molar-refractivity contribution >= 4 is 117 Å². The number of benzene rings is 4. The van der Waals surface area contributed by atoms with Gasteiger partial charge in [0.2, 0.25) is 0 Å². The molecule has 2 saturated carbocycles. The number of carbonyl (C=O) groups excluding carboxylic acids is 4. The van der Waals surface area contributed by atoms with Crippen LogP contribution in [0.25, 0.3) is 45.3 Å². The Kier molecular flexibility index (Phi) is 25.1. The number of hydrogen-bond acceptors (Lipinski definition) is 21. The van der Waals surface area contributed by atoms with E-state index in [1.807, 2.05) is 182 Å². The van der Waals surface area contributed by atoms with Crippen molar-refractivity contribution in [1.29, 1.82) is 0 Å². The summed E-state index contributed by atoms with van der Waals surface area (Å²) in [6.07, 6.45) is 18.4. The Morgan fingerprint density at radius 2 is 0.991 bits per heavy atom. The maximum atomic E-state index is 13.5. The predicted molar refractivity (Wildman–Crippen MR) is 423 cm³/mol. The molecular weight excluding hydrogens is 1490 g/mol. The van der Waals surface area contributed by atoms with Crippen LogP contribution in [-0.2, 0) is 26.2 Å². The van der Waals surface area contributed by atoms with E-state index in [-0.39, 0.29) is 23.6 Å². The third-order valence-electron chi connectivity index (χ3n) is 17.7. The van der Waals surface area contributed by atoms with Gasteiger partial charge in [0.1, 0.15) is 34.5 Å². The van der Waals surface area contributed by atoms with Gasteiger partial charge in [-0.05, 0) is 177 Å². The summed E-state index contributed by atoms with van der Waals surface area (Å²) in [5.74, 6) is 2.25. The number of amides is 4. The molecule has 4 aliphatic heterocycles. The average molecular weight is 1570 g/mol. The van der Waals surface area contributed by atoms with Gasteiger partial charge in [0, 0.05) is 197 Å². The van der Waals surface area contributed by atoms with E-state index in [4.69, 9.17) is 15.0 Å². The molecule has 539 valence electrons. The van der Waals surface area contributed by atoms with Crippen LogP contribution in [0.1, 0.15) is 101 Å². The number of nitrogens with one attached hydrogen (secondary N) is 3. The van der Waals surface area contributed by atoms with Crippen molar-refractivity contribution in [3.8, 4) is 45.3 Å². The van der Waals surface area contributed by atoms with Gasteiger partial charge in [-0.1, -0.05) is 30.3 Å². The van der Waals surface area contributed by atoms with Crippen molar-refractivity contribution in [3.63, 3.8) is 0 Å². The normalized spacial score (nSPS) is 13.6. The molecular formula is C75H77B2Br2N20O6S. The molecule has 4 aromatic carbocycles. The molecule has 6 aliphatic rings. The monoisotopic (exact) mass is 1570 g/mol. The molecule has 11 heterocycles. The first-order valence-electron chi connectivity index (χ1n) is 33.8. The summed E-state index contributed by atoms with van der Waals surface area (Å²) in [5, 5.41) is 42.0. The Bertz CT molecular complexity index is 4970. The van der Waals surface area contributed by atoms with Crippen LogP contribution in [0.15, 0.2) is 191 Å². The SMILES string of the molecule is Brc1cccc(-c2nncn2C2CC2)n1.CN(C)c1cc2c(cc1-c1cccnc1)C(=O)N(c1cccc(-c3nncn3C3CC3)n1)C2.CN(C)c1cc2c(cc1-c1cccnc1)C(=O)NC2.CN(C)c1cc2c(cc1Br)C(=O)NC2.CN(C)c1ccc2c(c1)CNC2=O.OB(O)c1cccnc1.[B]=NS. The van der Waals surface area contributed by atoms with E-state index < -0.39 is 7.12 Å². The van der Waals surface area contributed by atoms with Crippen LogP contribution in [0.5, 0.6) is 0 Å². The topological polar surface area (TPSA) is 299 Å². The number of hydrogen-bond donors (Lipinski definition) is 6. The molecule has 17 rings (SSSR count). The van der Waals surface area contributed by atoms with Crippen molar-refractivity contribution in [2.45, 2.75) is 63.9 Å². The quantitative estimate of drug-likeness (QED) is 0.0376. The van der Waals surface area contributed by atoms with Gasteiger partial charge in [0.25, 0.3) is 23.6 Å².